The lowest BCUT2D eigenvalue weighted by atomic mass is 9.96. The summed E-state index contributed by atoms with van der Waals surface area (Å²) in [5, 5.41) is 2.91. The molecular weight excluding hydrogens is 458 g/mol. The van der Waals surface area contributed by atoms with Crippen molar-refractivity contribution in [1.82, 2.24) is 10.2 Å². The normalized spacial score (nSPS) is 16.1. The number of carbonyl (C=O) groups excluding carboxylic acids is 2. The van der Waals surface area contributed by atoms with Crippen molar-refractivity contribution in [3.8, 4) is 5.75 Å². The van der Waals surface area contributed by atoms with Gasteiger partial charge in [0.1, 0.15) is 5.75 Å². The molecule has 0 aliphatic carbocycles. The van der Waals surface area contributed by atoms with Crippen LogP contribution in [0.15, 0.2) is 53.4 Å². The lowest BCUT2D eigenvalue weighted by molar-refractivity contribution is -0.126. The standard InChI is InChI=1S/C24H31N3O6S/c1-32-15-5-13-25-23(28)19-6-4-14-27(17-19)24(29)18-9-11-20(12-10-18)26-34(30,31)22-8-3-7-21(16-22)33-2/h3,7-12,16,19,26H,4-6,13-15,17H2,1-2H3,(H,25,28)/t19-/m1/s1. The molecule has 34 heavy (non-hydrogen) atoms. The van der Waals surface area contributed by atoms with Gasteiger partial charge in [0.2, 0.25) is 5.91 Å². The van der Waals surface area contributed by atoms with Crippen LogP contribution in [0.5, 0.6) is 5.75 Å². The summed E-state index contributed by atoms with van der Waals surface area (Å²) in [6, 6.07) is 12.4. The first kappa shape index (κ1) is 25.5. The van der Waals surface area contributed by atoms with Crippen LogP contribution >= 0.6 is 0 Å². The van der Waals surface area contributed by atoms with E-state index in [9.17, 15) is 18.0 Å². The summed E-state index contributed by atoms with van der Waals surface area (Å²) >= 11 is 0. The number of hydrogen-bond donors (Lipinski definition) is 2. The minimum atomic E-state index is -3.81. The summed E-state index contributed by atoms with van der Waals surface area (Å²) in [6.45, 7) is 2.07. The van der Waals surface area contributed by atoms with Crippen LogP contribution in [0, 0.1) is 5.92 Å². The van der Waals surface area contributed by atoms with Crippen LogP contribution in [0.3, 0.4) is 0 Å². The largest absolute Gasteiger partial charge is 0.497 e. The quantitative estimate of drug-likeness (QED) is 0.496. The average molecular weight is 490 g/mol. The molecule has 2 aromatic carbocycles. The summed E-state index contributed by atoms with van der Waals surface area (Å²) in [6.07, 6.45) is 2.23. The van der Waals surface area contributed by atoms with Gasteiger partial charge < -0.3 is 19.7 Å². The molecule has 0 radical (unpaired) electrons. The zero-order chi connectivity index (χ0) is 24.6. The smallest absolute Gasteiger partial charge is 0.262 e. The van der Waals surface area contributed by atoms with Crippen molar-refractivity contribution in [2.75, 3.05) is 45.2 Å². The monoisotopic (exact) mass is 489 g/mol. The van der Waals surface area contributed by atoms with Gasteiger partial charge >= 0.3 is 0 Å². The summed E-state index contributed by atoms with van der Waals surface area (Å²) in [5.41, 5.74) is 0.775. The summed E-state index contributed by atoms with van der Waals surface area (Å²) in [4.78, 5) is 27.2. The molecule has 2 amide bonds. The number of likely N-dealkylation sites (tertiary alicyclic amines) is 1. The molecule has 1 aliphatic rings. The minimum absolute atomic E-state index is 0.0455. The first-order valence-electron chi connectivity index (χ1n) is 11.2. The molecule has 1 aliphatic heterocycles. The van der Waals surface area contributed by atoms with E-state index >= 15 is 0 Å². The van der Waals surface area contributed by atoms with Gasteiger partial charge in [-0.1, -0.05) is 6.07 Å². The van der Waals surface area contributed by atoms with Crippen molar-refractivity contribution in [3.63, 3.8) is 0 Å². The number of anilines is 1. The van der Waals surface area contributed by atoms with Crippen LogP contribution in [-0.2, 0) is 19.6 Å². The van der Waals surface area contributed by atoms with E-state index in [2.05, 4.69) is 10.0 Å². The van der Waals surface area contributed by atoms with Gasteiger partial charge in [-0.05, 0) is 55.7 Å². The summed E-state index contributed by atoms with van der Waals surface area (Å²) in [5.74, 6) is -0.0310. The summed E-state index contributed by atoms with van der Waals surface area (Å²) in [7, 11) is -0.719. The fourth-order valence-electron chi connectivity index (χ4n) is 3.79. The van der Waals surface area contributed by atoms with Gasteiger partial charge in [-0.15, -0.1) is 0 Å². The van der Waals surface area contributed by atoms with Gasteiger partial charge in [-0.3, -0.25) is 14.3 Å². The lowest BCUT2D eigenvalue weighted by Crippen LogP contribution is -2.45. The Balaban J connectivity index is 1.60. The second-order valence-electron chi connectivity index (χ2n) is 8.09. The molecule has 1 heterocycles. The number of benzene rings is 2. The number of rotatable bonds is 10. The van der Waals surface area contributed by atoms with Gasteiger partial charge in [-0.2, -0.15) is 0 Å². The Labute approximate surface area is 200 Å². The molecule has 10 heteroatoms. The van der Waals surface area contributed by atoms with Gasteiger partial charge in [0.05, 0.1) is 17.9 Å². The third-order valence-corrected chi connectivity index (χ3v) is 7.02. The first-order valence-corrected chi connectivity index (χ1v) is 12.6. The van der Waals surface area contributed by atoms with E-state index in [0.717, 1.165) is 19.3 Å². The van der Waals surface area contributed by atoms with Gasteiger partial charge in [0.15, 0.2) is 0 Å². The molecule has 184 valence electrons. The highest BCUT2D eigenvalue weighted by Crippen LogP contribution is 2.22. The fraction of sp³-hybridized carbons (Fsp3) is 0.417. The van der Waals surface area contributed by atoms with Gasteiger partial charge in [0.25, 0.3) is 15.9 Å². The third kappa shape index (κ3) is 6.71. The van der Waals surface area contributed by atoms with Crippen molar-refractivity contribution < 1.29 is 27.5 Å². The predicted molar refractivity (Wildman–Crippen MR) is 128 cm³/mol. The molecule has 1 fully saturated rings. The predicted octanol–water partition coefficient (Wildman–Crippen LogP) is 2.50. The van der Waals surface area contributed by atoms with E-state index in [4.69, 9.17) is 9.47 Å². The van der Waals surface area contributed by atoms with E-state index in [-0.39, 0.29) is 22.6 Å². The number of methoxy groups -OCH3 is 2. The number of ether oxygens (including phenoxy) is 2. The molecule has 1 saturated heterocycles. The van der Waals surface area contributed by atoms with Crippen LogP contribution in [0.2, 0.25) is 0 Å². The van der Waals surface area contributed by atoms with E-state index in [0.29, 0.717) is 43.2 Å². The average Bonchev–Trinajstić information content (AvgIpc) is 2.86. The molecular formula is C24H31N3O6S. The van der Waals surface area contributed by atoms with E-state index in [1.54, 1.807) is 48.4 Å². The molecule has 0 bridgehead atoms. The molecule has 9 nitrogen and oxygen atoms in total. The zero-order valence-electron chi connectivity index (χ0n) is 19.5. The van der Waals surface area contributed by atoms with Crippen LogP contribution < -0.4 is 14.8 Å². The number of hydrogen-bond acceptors (Lipinski definition) is 6. The SMILES string of the molecule is COCCCNC(=O)[C@@H]1CCCN(C(=O)c2ccc(NS(=O)(=O)c3cccc(OC)c3)cc2)C1. The number of nitrogens with zero attached hydrogens (tertiary/aromatic N) is 1. The lowest BCUT2D eigenvalue weighted by Gasteiger charge is -2.32. The number of sulfonamides is 1. The minimum Gasteiger partial charge on any atom is -0.497 e. The topological polar surface area (TPSA) is 114 Å². The number of amides is 2. The Hall–Kier alpha value is -3.11. The van der Waals surface area contributed by atoms with Crippen LogP contribution in [0.1, 0.15) is 29.6 Å². The Kier molecular flexibility index (Phi) is 8.89. The highest BCUT2D eigenvalue weighted by Gasteiger charge is 2.28. The molecule has 3 rings (SSSR count). The van der Waals surface area contributed by atoms with Crippen molar-refractivity contribution in [3.05, 3.63) is 54.1 Å². The van der Waals surface area contributed by atoms with E-state index in [1.165, 1.54) is 19.2 Å². The summed E-state index contributed by atoms with van der Waals surface area (Å²) < 4.78 is 37.9. The molecule has 1 atom stereocenters. The highest BCUT2D eigenvalue weighted by atomic mass is 32.2. The van der Waals surface area contributed by atoms with Crippen molar-refractivity contribution in [2.45, 2.75) is 24.2 Å². The molecule has 2 aromatic rings. The van der Waals surface area contributed by atoms with Gasteiger partial charge in [-0.25, -0.2) is 8.42 Å². The Morgan fingerprint density at radius 3 is 2.59 bits per heavy atom. The second kappa shape index (κ2) is 11.8. The number of carbonyl (C=O) groups is 2. The maximum absolute atomic E-state index is 13.0. The van der Waals surface area contributed by atoms with E-state index < -0.39 is 10.0 Å². The van der Waals surface area contributed by atoms with Crippen LogP contribution in [0.25, 0.3) is 0 Å². The second-order valence-corrected chi connectivity index (χ2v) is 9.77. The Morgan fingerprint density at radius 2 is 1.88 bits per heavy atom. The first-order chi connectivity index (χ1) is 16.3. The van der Waals surface area contributed by atoms with Crippen molar-refractivity contribution >= 4 is 27.5 Å². The van der Waals surface area contributed by atoms with Crippen molar-refractivity contribution in [2.24, 2.45) is 5.92 Å². The Morgan fingerprint density at radius 1 is 1.12 bits per heavy atom. The molecule has 0 unspecified atom stereocenters. The molecule has 0 saturated carbocycles. The highest BCUT2D eigenvalue weighted by molar-refractivity contribution is 7.92. The third-order valence-electron chi connectivity index (χ3n) is 5.64. The zero-order valence-corrected chi connectivity index (χ0v) is 20.3. The maximum Gasteiger partial charge on any atom is 0.262 e. The maximum atomic E-state index is 13.0. The molecule has 2 N–H and O–H groups in total. The van der Waals surface area contributed by atoms with Crippen molar-refractivity contribution in [1.29, 1.82) is 0 Å². The van der Waals surface area contributed by atoms with Crippen LogP contribution in [0.4, 0.5) is 5.69 Å². The Bertz CT molecular complexity index is 1090. The van der Waals surface area contributed by atoms with E-state index in [1.807, 2.05) is 0 Å². The molecule has 0 aromatic heterocycles. The number of piperidine rings is 1. The molecule has 0 spiro atoms. The van der Waals surface area contributed by atoms with Gasteiger partial charge in [0, 0.05) is 50.7 Å². The fourth-order valence-corrected chi connectivity index (χ4v) is 4.89. The van der Waals surface area contributed by atoms with Crippen LogP contribution in [-0.4, -0.2) is 65.6 Å². The number of nitrogens with one attached hydrogen (secondary N) is 2.